The van der Waals surface area contributed by atoms with E-state index in [-0.39, 0.29) is 0 Å². The van der Waals surface area contributed by atoms with Crippen LogP contribution in [0, 0.1) is 6.92 Å². The fourth-order valence-corrected chi connectivity index (χ4v) is 2.35. The number of carboxylic acid groups (broad SMARTS) is 1. The van der Waals surface area contributed by atoms with Crippen LogP contribution in [0.2, 0.25) is 0 Å². The van der Waals surface area contributed by atoms with Crippen molar-refractivity contribution in [2.24, 2.45) is 0 Å². The summed E-state index contributed by atoms with van der Waals surface area (Å²) in [6, 6.07) is 7.62. The first-order chi connectivity index (χ1) is 8.63. The third-order valence-corrected chi connectivity index (χ3v) is 3.54. The summed E-state index contributed by atoms with van der Waals surface area (Å²) in [5.74, 6) is -0.737. The lowest BCUT2D eigenvalue weighted by Crippen LogP contribution is -2.21. The first-order valence-electron chi connectivity index (χ1n) is 5.98. The van der Waals surface area contributed by atoms with Gasteiger partial charge in [-0.1, -0.05) is 18.2 Å². The summed E-state index contributed by atoms with van der Waals surface area (Å²) in [5, 5.41) is 13.7. The fraction of sp³-hybridized carbons (Fsp3) is 0.286. The Bertz CT molecular complexity index is 612. The van der Waals surface area contributed by atoms with E-state index in [2.05, 4.69) is 5.10 Å². The Morgan fingerprint density at radius 2 is 2.11 bits per heavy atom. The van der Waals surface area contributed by atoms with Gasteiger partial charge in [-0.05, 0) is 37.0 Å². The molecule has 1 aromatic heterocycles. The van der Waals surface area contributed by atoms with Crippen LogP contribution < -0.4 is 0 Å². The zero-order valence-electron chi connectivity index (χ0n) is 10.1. The predicted octanol–water partition coefficient (Wildman–Crippen LogP) is 2.30. The average molecular weight is 242 g/mol. The number of hydrogen-bond donors (Lipinski definition) is 1. The monoisotopic (exact) mass is 242 g/mol. The quantitative estimate of drug-likeness (QED) is 0.898. The molecule has 1 fully saturated rings. The van der Waals surface area contributed by atoms with Crippen molar-refractivity contribution in [3.63, 3.8) is 0 Å². The average Bonchev–Trinajstić information content (AvgIpc) is 3.07. The standard InChI is InChI=1S/C14H14N2O2/c1-10-8-15-16(9-10)12-5-3-2-4-11(12)14(6-7-14)13(17)18/h2-5,8-9H,6-7H2,1H3,(H,17,18). The molecule has 0 spiro atoms. The largest absolute Gasteiger partial charge is 0.481 e. The summed E-state index contributed by atoms with van der Waals surface area (Å²) in [5.41, 5.74) is 2.09. The van der Waals surface area contributed by atoms with Gasteiger partial charge >= 0.3 is 5.97 Å². The molecule has 18 heavy (non-hydrogen) atoms. The van der Waals surface area contributed by atoms with Gasteiger partial charge in [-0.25, -0.2) is 4.68 Å². The van der Waals surface area contributed by atoms with Crippen molar-refractivity contribution in [3.05, 3.63) is 47.8 Å². The number of nitrogens with zero attached hydrogens (tertiary/aromatic N) is 2. The topological polar surface area (TPSA) is 55.1 Å². The van der Waals surface area contributed by atoms with Crippen LogP contribution in [0.1, 0.15) is 24.0 Å². The van der Waals surface area contributed by atoms with Crippen LogP contribution >= 0.6 is 0 Å². The van der Waals surface area contributed by atoms with E-state index in [4.69, 9.17) is 0 Å². The van der Waals surface area contributed by atoms with Crippen molar-refractivity contribution in [2.45, 2.75) is 25.2 Å². The van der Waals surface area contributed by atoms with Gasteiger partial charge in [0.1, 0.15) is 0 Å². The van der Waals surface area contributed by atoms with E-state index in [0.717, 1.165) is 16.8 Å². The molecule has 1 aliphatic carbocycles. The number of rotatable bonds is 3. The molecule has 0 atom stereocenters. The van der Waals surface area contributed by atoms with Crippen molar-refractivity contribution in [1.29, 1.82) is 0 Å². The van der Waals surface area contributed by atoms with Gasteiger partial charge in [0.2, 0.25) is 0 Å². The maximum atomic E-state index is 11.4. The molecule has 0 aliphatic heterocycles. The number of para-hydroxylation sites is 1. The normalized spacial score (nSPS) is 16.5. The smallest absolute Gasteiger partial charge is 0.314 e. The highest BCUT2D eigenvalue weighted by molar-refractivity contribution is 5.86. The molecule has 0 saturated heterocycles. The van der Waals surface area contributed by atoms with E-state index in [1.54, 1.807) is 10.9 Å². The van der Waals surface area contributed by atoms with Gasteiger partial charge in [-0.3, -0.25) is 4.79 Å². The third kappa shape index (κ3) is 1.53. The van der Waals surface area contributed by atoms with Crippen LogP contribution in [-0.4, -0.2) is 20.9 Å². The summed E-state index contributed by atoms with van der Waals surface area (Å²) in [7, 11) is 0. The summed E-state index contributed by atoms with van der Waals surface area (Å²) >= 11 is 0. The van der Waals surface area contributed by atoms with E-state index < -0.39 is 11.4 Å². The summed E-state index contributed by atoms with van der Waals surface area (Å²) < 4.78 is 1.76. The number of hydrogen-bond acceptors (Lipinski definition) is 2. The van der Waals surface area contributed by atoms with Gasteiger partial charge in [0.15, 0.2) is 0 Å². The van der Waals surface area contributed by atoms with Crippen LogP contribution in [0.25, 0.3) is 5.69 Å². The molecular formula is C14H14N2O2. The number of carboxylic acids is 1. The van der Waals surface area contributed by atoms with Gasteiger partial charge < -0.3 is 5.11 Å². The SMILES string of the molecule is Cc1cnn(-c2ccccc2C2(C(=O)O)CC2)c1. The molecule has 1 heterocycles. The molecule has 1 aliphatic rings. The van der Waals surface area contributed by atoms with Gasteiger partial charge in [0.05, 0.1) is 17.3 Å². The third-order valence-electron chi connectivity index (χ3n) is 3.54. The molecule has 1 saturated carbocycles. The van der Waals surface area contributed by atoms with Crippen molar-refractivity contribution in [3.8, 4) is 5.69 Å². The number of aryl methyl sites for hydroxylation is 1. The van der Waals surface area contributed by atoms with Gasteiger partial charge in [0.25, 0.3) is 0 Å². The van der Waals surface area contributed by atoms with Crippen molar-refractivity contribution in [2.75, 3.05) is 0 Å². The van der Waals surface area contributed by atoms with Gasteiger partial charge in [-0.2, -0.15) is 5.10 Å². The highest BCUT2D eigenvalue weighted by atomic mass is 16.4. The zero-order valence-corrected chi connectivity index (χ0v) is 10.1. The minimum atomic E-state index is -0.737. The van der Waals surface area contributed by atoms with E-state index in [0.29, 0.717) is 12.8 Å². The molecule has 4 heteroatoms. The molecule has 3 rings (SSSR count). The van der Waals surface area contributed by atoms with E-state index in [9.17, 15) is 9.90 Å². The maximum Gasteiger partial charge on any atom is 0.314 e. The lowest BCUT2D eigenvalue weighted by Gasteiger charge is -2.15. The Labute approximate surface area is 105 Å². The highest BCUT2D eigenvalue weighted by Gasteiger charge is 2.53. The van der Waals surface area contributed by atoms with Crippen LogP contribution in [0.4, 0.5) is 0 Å². The predicted molar refractivity (Wildman–Crippen MR) is 66.8 cm³/mol. The minimum absolute atomic E-state index is 0.698. The second-order valence-electron chi connectivity index (χ2n) is 4.87. The maximum absolute atomic E-state index is 11.4. The lowest BCUT2D eigenvalue weighted by atomic mass is 9.94. The van der Waals surface area contributed by atoms with E-state index in [1.165, 1.54) is 0 Å². The van der Waals surface area contributed by atoms with Crippen LogP contribution in [0.5, 0.6) is 0 Å². The van der Waals surface area contributed by atoms with Gasteiger partial charge in [-0.15, -0.1) is 0 Å². The van der Waals surface area contributed by atoms with Crippen LogP contribution in [0.3, 0.4) is 0 Å². The number of aliphatic carboxylic acids is 1. The molecule has 92 valence electrons. The minimum Gasteiger partial charge on any atom is -0.481 e. The molecule has 0 bridgehead atoms. The molecule has 0 amide bonds. The van der Waals surface area contributed by atoms with Crippen molar-refractivity contribution < 1.29 is 9.90 Å². The zero-order chi connectivity index (χ0) is 12.8. The first-order valence-corrected chi connectivity index (χ1v) is 5.98. The Hall–Kier alpha value is -2.10. The number of aromatic nitrogens is 2. The van der Waals surface area contributed by atoms with Crippen LogP contribution in [-0.2, 0) is 10.2 Å². The molecule has 4 nitrogen and oxygen atoms in total. The summed E-state index contributed by atoms with van der Waals surface area (Å²) in [4.78, 5) is 11.4. The Morgan fingerprint density at radius 3 is 2.67 bits per heavy atom. The van der Waals surface area contributed by atoms with Crippen LogP contribution in [0.15, 0.2) is 36.7 Å². The Balaban J connectivity index is 2.14. The molecular weight excluding hydrogens is 228 g/mol. The second kappa shape index (κ2) is 3.70. The molecule has 0 radical (unpaired) electrons. The van der Waals surface area contributed by atoms with E-state index >= 15 is 0 Å². The highest BCUT2D eigenvalue weighted by Crippen LogP contribution is 2.50. The summed E-state index contributed by atoms with van der Waals surface area (Å²) in [6.07, 6.45) is 5.10. The molecule has 1 aromatic carbocycles. The van der Waals surface area contributed by atoms with E-state index in [1.807, 2.05) is 37.4 Å². The Kier molecular flexibility index (Phi) is 2.26. The first kappa shape index (κ1) is 11.0. The number of benzene rings is 1. The molecule has 2 aromatic rings. The second-order valence-corrected chi connectivity index (χ2v) is 4.87. The lowest BCUT2D eigenvalue weighted by molar-refractivity contribution is -0.140. The summed E-state index contributed by atoms with van der Waals surface area (Å²) in [6.45, 7) is 1.97. The molecule has 0 unspecified atom stereocenters. The fourth-order valence-electron chi connectivity index (χ4n) is 2.35. The Morgan fingerprint density at radius 1 is 1.39 bits per heavy atom. The van der Waals surface area contributed by atoms with Gasteiger partial charge in [0, 0.05) is 6.20 Å². The van der Waals surface area contributed by atoms with Crippen molar-refractivity contribution >= 4 is 5.97 Å². The number of carbonyl (C=O) groups is 1. The molecule has 1 N–H and O–H groups in total. The van der Waals surface area contributed by atoms with Crippen molar-refractivity contribution in [1.82, 2.24) is 9.78 Å².